The lowest BCUT2D eigenvalue weighted by atomic mass is 10.1. The van der Waals surface area contributed by atoms with Gasteiger partial charge in [0.1, 0.15) is 5.82 Å². The van der Waals surface area contributed by atoms with Gasteiger partial charge in [0.25, 0.3) is 11.5 Å². The van der Waals surface area contributed by atoms with E-state index in [4.69, 9.17) is 4.74 Å². The number of aromatic nitrogens is 2. The highest BCUT2D eigenvalue weighted by Crippen LogP contribution is 2.29. The van der Waals surface area contributed by atoms with E-state index < -0.39 is 12.5 Å². The molecule has 0 aliphatic heterocycles. The molecule has 1 amide bonds. The van der Waals surface area contributed by atoms with Gasteiger partial charge >= 0.3 is 6.61 Å². The van der Waals surface area contributed by atoms with E-state index in [2.05, 4.69) is 14.7 Å². The van der Waals surface area contributed by atoms with Gasteiger partial charge in [-0.05, 0) is 30.3 Å². The molecule has 1 N–H and O–H groups in total. The maximum atomic E-state index is 12.7. The van der Waals surface area contributed by atoms with Gasteiger partial charge in [-0.15, -0.1) is 0 Å². The second kappa shape index (κ2) is 8.03. The first-order chi connectivity index (χ1) is 13.4. The Kier molecular flexibility index (Phi) is 5.53. The average Bonchev–Trinajstić information content (AvgIpc) is 2.67. The van der Waals surface area contributed by atoms with Crippen LogP contribution >= 0.6 is 0 Å². The molecule has 1 aromatic heterocycles. The largest absolute Gasteiger partial charge is 0.493 e. The number of para-hydroxylation sites is 1. The number of halogens is 2. The van der Waals surface area contributed by atoms with Gasteiger partial charge in [-0.25, -0.2) is 4.98 Å². The number of aromatic amines is 1. The molecule has 0 radical (unpaired) electrons. The van der Waals surface area contributed by atoms with Crippen LogP contribution in [0.1, 0.15) is 16.2 Å². The molecule has 0 bridgehead atoms. The zero-order valence-corrected chi connectivity index (χ0v) is 15.1. The first-order valence-corrected chi connectivity index (χ1v) is 8.25. The molecule has 0 aliphatic rings. The van der Waals surface area contributed by atoms with E-state index in [0.29, 0.717) is 16.7 Å². The number of hydrogen-bond acceptors (Lipinski definition) is 5. The van der Waals surface area contributed by atoms with Crippen LogP contribution in [0.4, 0.5) is 8.78 Å². The minimum Gasteiger partial charge on any atom is -0.493 e. The molecule has 2 aromatic carbocycles. The molecule has 0 unspecified atom stereocenters. The highest BCUT2D eigenvalue weighted by atomic mass is 19.3. The Balaban J connectivity index is 1.82. The highest BCUT2D eigenvalue weighted by molar-refractivity contribution is 5.94. The monoisotopic (exact) mass is 389 g/mol. The molecule has 1 heterocycles. The van der Waals surface area contributed by atoms with Crippen LogP contribution in [-0.2, 0) is 6.54 Å². The number of methoxy groups -OCH3 is 1. The number of carbonyl (C=O) groups is 1. The molecule has 0 spiro atoms. The Bertz CT molecular complexity index is 1070. The summed E-state index contributed by atoms with van der Waals surface area (Å²) in [7, 11) is 2.82. The van der Waals surface area contributed by atoms with Gasteiger partial charge in [-0.2, -0.15) is 8.78 Å². The van der Waals surface area contributed by atoms with Gasteiger partial charge in [0.15, 0.2) is 11.5 Å². The third-order valence-electron chi connectivity index (χ3n) is 4.02. The summed E-state index contributed by atoms with van der Waals surface area (Å²) in [6.07, 6.45) is 0. The number of rotatable bonds is 6. The Labute approximate surface area is 158 Å². The summed E-state index contributed by atoms with van der Waals surface area (Å²) in [4.78, 5) is 33.2. The summed E-state index contributed by atoms with van der Waals surface area (Å²) in [6, 6.07) is 10.8. The molecule has 146 valence electrons. The summed E-state index contributed by atoms with van der Waals surface area (Å²) in [5.74, 6) is -0.240. The van der Waals surface area contributed by atoms with Crippen molar-refractivity contribution in [3.63, 3.8) is 0 Å². The predicted octanol–water partition coefficient (Wildman–Crippen LogP) is 2.81. The number of amides is 1. The van der Waals surface area contributed by atoms with Crippen LogP contribution in [0.15, 0.2) is 47.3 Å². The number of ether oxygens (including phenoxy) is 2. The fourth-order valence-electron chi connectivity index (χ4n) is 2.72. The molecule has 3 aromatic rings. The van der Waals surface area contributed by atoms with Crippen LogP contribution in [-0.4, -0.2) is 41.5 Å². The SMILES string of the molecule is COc1cc(C(=O)N(C)Cc2nc3ccccc3c(=O)[nH]2)ccc1OC(F)F. The number of nitrogens with one attached hydrogen (secondary N) is 1. The van der Waals surface area contributed by atoms with Gasteiger partial charge in [0, 0.05) is 12.6 Å². The molecule has 9 heteroatoms. The summed E-state index contributed by atoms with van der Waals surface area (Å²) < 4.78 is 34.2. The maximum Gasteiger partial charge on any atom is 0.387 e. The highest BCUT2D eigenvalue weighted by Gasteiger charge is 2.18. The van der Waals surface area contributed by atoms with Crippen LogP contribution in [0.3, 0.4) is 0 Å². The van der Waals surface area contributed by atoms with E-state index in [0.717, 1.165) is 0 Å². The topological polar surface area (TPSA) is 84.5 Å². The number of nitrogens with zero attached hydrogens (tertiary/aromatic N) is 2. The Morgan fingerprint density at radius 2 is 1.96 bits per heavy atom. The Morgan fingerprint density at radius 3 is 2.68 bits per heavy atom. The fourth-order valence-corrected chi connectivity index (χ4v) is 2.72. The predicted molar refractivity (Wildman–Crippen MR) is 97.8 cm³/mol. The summed E-state index contributed by atoms with van der Waals surface area (Å²) >= 11 is 0. The molecule has 0 fully saturated rings. The standard InChI is InChI=1S/C19H17F2N3O4/c1-24(10-16-22-13-6-4-3-5-12(13)17(25)23-16)18(26)11-7-8-14(28-19(20)21)15(9-11)27-2/h3-9,19H,10H2,1-2H3,(H,22,23,25). The molecule has 7 nitrogen and oxygen atoms in total. The van der Waals surface area contributed by atoms with E-state index in [9.17, 15) is 18.4 Å². The van der Waals surface area contributed by atoms with E-state index in [1.165, 1.54) is 37.3 Å². The van der Waals surface area contributed by atoms with E-state index in [1.54, 1.807) is 24.3 Å². The molecule has 0 atom stereocenters. The van der Waals surface area contributed by atoms with E-state index in [-0.39, 0.29) is 29.2 Å². The molecule has 3 rings (SSSR count). The van der Waals surface area contributed by atoms with Crippen LogP contribution < -0.4 is 15.0 Å². The summed E-state index contributed by atoms with van der Waals surface area (Å²) in [6.45, 7) is -2.95. The number of H-pyrrole nitrogens is 1. The number of carbonyl (C=O) groups excluding carboxylic acids is 1. The molecule has 0 saturated carbocycles. The smallest absolute Gasteiger partial charge is 0.387 e. The second-order valence-electron chi connectivity index (χ2n) is 5.94. The van der Waals surface area contributed by atoms with Crippen LogP contribution in [0.2, 0.25) is 0 Å². The van der Waals surface area contributed by atoms with Crippen molar-refractivity contribution < 1.29 is 23.0 Å². The average molecular weight is 389 g/mol. The molecule has 28 heavy (non-hydrogen) atoms. The number of hydrogen-bond donors (Lipinski definition) is 1. The van der Waals surface area contributed by atoms with Gasteiger partial charge in [-0.3, -0.25) is 9.59 Å². The van der Waals surface area contributed by atoms with Crippen molar-refractivity contribution in [3.05, 3.63) is 64.2 Å². The van der Waals surface area contributed by atoms with Crippen molar-refractivity contribution >= 4 is 16.8 Å². The number of benzene rings is 2. The van der Waals surface area contributed by atoms with E-state index in [1.807, 2.05) is 0 Å². The first-order valence-electron chi connectivity index (χ1n) is 8.25. The Morgan fingerprint density at radius 1 is 1.21 bits per heavy atom. The molecule has 0 saturated heterocycles. The van der Waals surface area contributed by atoms with Gasteiger partial charge in [0.2, 0.25) is 0 Å². The minimum absolute atomic E-state index is 0.0109. The Hall–Kier alpha value is -3.49. The maximum absolute atomic E-state index is 12.7. The lowest BCUT2D eigenvalue weighted by Gasteiger charge is -2.18. The quantitative estimate of drug-likeness (QED) is 0.701. The van der Waals surface area contributed by atoms with Crippen molar-refractivity contribution in [3.8, 4) is 11.5 Å². The van der Waals surface area contributed by atoms with E-state index >= 15 is 0 Å². The molecular weight excluding hydrogens is 372 g/mol. The fraction of sp³-hybridized carbons (Fsp3) is 0.211. The van der Waals surface area contributed by atoms with Crippen LogP contribution in [0.25, 0.3) is 10.9 Å². The minimum atomic E-state index is -3.01. The third-order valence-corrected chi connectivity index (χ3v) is 4.02. The zero-order chi connectivity index (χ0) is 20.3. The molecule has 0 aliphatic carbocycles. The van der Waals surface area contributed by atoms with Gasteiger partial charge in [-0.1, -0.05) is 12.1 Å². The summed E-state index contributed by atoms with van der Waals surface area (Å²) in [5, 5.41) is 0.458. The lowest BCUT2D eigenvalue weighted by molar-refractivity contribution is -0.0512. The van der Waals surface area contributed by atoms with Crippen LogP contribution in [0.5, 0.6) is 11.5 Å². The first kappa shape index (κ1) is 19.3. The van der Waals surface area contributed by atoms with Crippen molar-refractivity contribution in [2.75, 3.05) is 14.2 Å². The van der Waals surface area contributed by atoms with Crippen molar-refractivity contribution in [1.82, 2.24) is 14.9 Å². The van der Waals surface area contributed by atoms with Gasteiger partial charge < -0.3 is 19.4 Å². The zero-order valence-electron chi connectivity index (χ0n) is 15.1. The lowest BCUT2D eigenvalue weighted by Crippen LogP contribution is -2.28. The van der Waals surface area contributed by atoms with Crippen molar-refractivity contribution in [2.24, 2.45) is 0 Å². The van der Waals surface area contributed by atoms with Crippen LogP contribution in [0, 0.1) is 0 Å². The molecular formula is C19H17F2N3O4. The second-order valence-corrected chi connectivity index (χ2v) is 5.94. The summed E-state index contributed by atoms with van der Waals surface area (Å²) in [5.41, 5.74) is 0.443. The van der Waals surface area contributed by atoms with Crippen molar-refractivity contribution in [2.45, 2.75) is 13.2 Å². The number of alkyl halides is 2. The van der Waals surface area contributed by atoms with Gasteiger partial charge in [0.05, 0.1) is 24.6 Å². The third kappa shape index (κ3) is 4.08. The normalized spacial score (nSPS) is 10.9. The van der Waals surface area contributed by atoms with Crippen molar-refractivity contribution in [1.29, 1.82) is 0 Å². The number of fused-ring (bicyclic) bond motifs is 1.